The van der Waals surface area contributed by atoms with Crippen molar-refractivity contribution >= 4 is 0 Å². The molecule has 0 radical (unpaired) electrons. The van der Waals surface area contributed by atoms with Crippen LogP contribution in [0.15, 0.2) is 35.5 Å². The second-order valence-corrected chi connectivity index (χ2v) is 11.8. The molecule has 0 saturated heterocycles. The van der Waals surface area contributed by atoms with E-state index in [0.717, 1.165) is 40.7 Å². The van der Waals surface area contributed by atoms with E-state index in [9.17, 15) is 10.2 Å². The lowest BCUT2D eigenvalue weighted by Crippen LogP contribution is -2.27. The third kappa shape index (κ3) is 5.49. The number of aliphatic hydroxyl groups excluding tert-OH is 2. The van der Waals surface area contributed by atoms with Gasteiger partial charge in [0.2, 0.25) is 0 Å². The summed E-state index contributed by atoms with van der Waals surface area (Å²) in [5, 5.41) is 20.1. The van der Waals surface area contributed by atoms with Crippen LogP contribution in [-0.4, -0.2) is 22.4 Å². The van der Waals surface area contributed by atoms with Gasteiger partial charge >= 0.3 is 0 Å². The molecule has 0 spiro atoms. The molecular weight excluding hydrogens is 368 g/mol. The van der Waals surface area contributed by atoms with Crippen LogP contribution in [0.3, 0.4) is 0 Å². The molecule has 30 heavy (non-hydrogen) atoms. The van der Waals surface area contributed by atoms with Crippen LogP contribution in [0.4, 0.5) is 0 Å². The first-order valence-corrected chi connectivity index (χ1v) is 12.5. The standard InChI is InChI=1S/C28H46O2/c1-18(10-11-19(2)28(4,5)6)24-14-15-25-21(8-7-9-26(24)25)12-13-22-16-23(29)17-27(30)20(22)3/h12-13,18-19,23-27,29-30H,3,7-11,14-17H2,1-2,4-6H3/b21-12+,22-13-/t18?,19-,23+,24?,25?,26?,27-/m0/s1. The number of hydrogen-bond donors (Lipinski definition) is 2. The lowest BCUT2D eigenvalue weighted by molar-refractivity contribution is 0.0862. The fourth-order valence-corrected chi connectivity index (χ4v) is 6.24. The number of aliphatic hydroxyl groups is 2. The largest absolute Gasteiger partial charge is 0.393 e. The zero-order chi connectivity index (χ0) is 22.1. The van der Waals surface area contributed by atoms with Crippen LogP contribution in [0.25, 0.3) is 0 Å². The third-order valence-electron chi connectivity index (χ3n) is 8.89. The van der Waals surface area contributed by atoms with E-state index in [4.69, 9.17) is 0 Å². The van der Waals surface area contributed by atoms with Crippen molar-refractivity contribution in [3.05, 3.63) is 35.5 Å². The van der Waals surface area contributed by atoms with E-state index < -0.39 is 12.2 Å². The topological polar surface area (TPSA) is 40.5 Å². The summed E-state index contributed by atoms with van der Waals surface area (Å²) in [7, 11) is 0. The summed E-state index contributed by atoms with van der Waals surface area (Å²) in [5.74, 6) is 4.08. The summed E-state index contributed by atoms with van der Waals surface area (Å²) in [4.78, 5) is 0. The van der Waals surface area contributed by atoms with E-state index in [0.29, 0.717) is 18.3 Å². The molecule has 2 N–H and O–H groups in total. The Morgan fingerprint density at radius 2 is 1.80 bits per heavy atom. The molecule has 0 aromatic heterocycles. The molecule has 0 bridgehead atoms. The van der Waals surface area contributed by atoms with E-state index in [1.165, 1.54) is 44.9 Å². The Kier molecular flexibility index (Phi) is 7.72. The maximum atomic E-state index is 10.1. The molecule has 0 aromatic carbocycles. The molecule has 2 nitrogen and oxygen atoms in total. The van der Waals surface area contributed by atoms with Gasteiger partial charge < -0.3 is 10.2 Å². The number of rotatable bonds is 5. The molecule has 0 aromatic rings. The van der Waals surface area contributed by atoms with Gasteiger partial charge in [-0.1, -0.05) is 65.3 Å². The summed E-state index contributed by atoms with van der Waals surface area (Å²) < 4.78 is 0. The van der Waals surface area contributed by atoms with Gasteiger partial charge in [-0.15, -0.1) is 0 Å². The van der Waals surface area contributed by atoms with Gasteiger partial charge in [0.1, 0.15) is 0 Å². The number of fused-ring (bicyclic) bond motifs is 1. The Bertz CT molecular complexity index is 665. The molecule has 0 amide bonds. The molecule has 7 atom stereocenters. The van der Waals surface area contributed by atoms with Crippen LogP contribution in [0.5, 0.6) is 0 Å². The predicted molar refractivity (Wildman–Crippen MR) is 127 cm³/mol. The molecular formula is C28H46O2. The highest BCUT2D eigenvalue weighted by Gasteiger charge is 2.41. The van der Waals surface area contributed by atoms with Gasteiger partial charge in [0.25, 0.3) is 0 Å². The van der Waals surface area contributed by atoms with Gasteiger partial charge in [-0.05, 0) is 91.1 Å². The lowest BCUT2D eigenvalue weighted by Gasteiger charge is -2.35. The van der Waals surface area contributed by atoms with Crippen molar-refractivity contribution in [2.24, 2.45) is 35.0 Å². The van der Waals surface area contributed by atoms with Gasteiger partial charge in [0.15, 0.2) is 0 Å². The molecule has 0 aliphatic heterocycles. The highest BCUT2D eigenvalue weighted by molar-refractivity contribution is 5.38. The monoisotopic (exact) mass is 414 g/mol. The van der Waals surface area contributed by atoms with Crippen molar-refractivity contribution < 1.29 is 10.2 Å². The van der Waals surface area contributed by atoms with Crippen molar-refractivity contribution in [2.45, 2.75) is 105 Å². The van der Waals surface area contributed by atoms with Crippen molar-refractivity contribution in [2.75, 3.05) is 0 Å². The average Bonchev–Trinajstić information content (AvgIpc) is 3.11. The zero-order valence-electron chi connectivity index (χ0n) is 20.2. The molecule has 3 saturated carbocycles. The van der Waals surface area contributed by atoms with E-state index in [2.05, 4.69) is 53.3 Å². The fourth-order valence-electron chi connectivity index (χ4n) is 6.24. The number of allylic oxidation sites excluding steroid dienone is 3. The summed E-state index contributed by atoms with van der Waals surface area (Å²) >= 11 is 0. The van der Waals surface area contributed by atoms with Gasteiger partial charge in [-0.3, -0.25) is 0 Å². The van der Waals surface area contributed by atoms with Crippen LogP contribution in [0.2, 0.25) is 0 Å². The average molecular weight is 415 g/mol. The summed E-state index contributed by atoms with van der Waals surface area (Å²) in [6.07, 6.45) is 13.9. The van der Waals surface area contributed by atoms with Crippen LogP contribution < -0.4 is 0 Å². The van der Waals surface area contributed by atoms with E-state index in [1.807, 2.05) is 0 Å². The molecule has 4 unspecified atom stereocenters. The lowest BCUT2D eigenvalue weighted by atomic mass is 9.70. The van der Waals surface area contributed by atoms with Crippen LogP contribution >= 0.6 is 0 Å². The minimum Gasteiger partial charge on any atom is -0.393 e. The maximum Gasteiger partial charge on any atom is 0.0811 e. The Balaban J connectivity index is 1.64. The Hall–Kier alpha value is -0.860. The summed E-state index contributed by atoms with van der Waals surface area (Å²) in [6.45, 7) is 16.1. The van der Waals surface area contributed by atoms with Crippen LogP contribution in [-0.2, 0) is 0 Å². The highest BCUT2D eigenvalue weighted by Crippen LogP contribution is 2.52. The Morgan fingerprint density at radius 3 is 2.50 bits per heavy atom. The van der Waals surface area contributed by atoms with Gasteiger partial charge in [-0.2, -0.15) is 0 Å². The normalized spacial score (nSPS) is 37.4. The maximum absolute atomic E-state index is 10.1. The fraction of sp³-hybridized carbons (Fsp3) is 0.786. The molecule has 2 heteroatoms. The number of hydrogen-bond acceptors (Lipinski definition) is 2. The molecule has 3 aliphatic rings. The van der Waals surface area contributed by atoms with Crippen molar-refractivity contribution in [3.63, 3.8) is 0 Å². The highest BCUT2D eigenvalue weighted by atomic mass is 16.3. The van der Waals surface area contributed by atoms with E-state index in [-0.39, 0.29) is 0 Å². The first-order chi connectivity index (χ1) is 14.1. The smallest absolute Gasteiger partial charge is 0.0811 e. The van der Waals surface area contributed by atoms with Crippen molar-refractivity contribution in [3.8, 4) is 0 Å². The Morgan fingerprint density at radius 1 is 1.07 bits per heavy atom. The molecule has 170 valence electrons. The van der Waals surface area contributed by atoms with Crippen molar-refractivity contribution in [1.29, 1.82) is 0 Å². The second kappa shape index (κ2) is 9.74. The predicted octanol–water partition coefficient (Wildman–Crippen LogP) is 6.84. The first kappa shape index (κ1) is 23.8. The minimum absolute atomic E-state index is 0.413. The molecule has 3 rings (SSSR count). The van der Waals surface area contributed by atoms with Gasteiger partial charge in [0.05, 0.1) is 12.2 Å². The Labute approximate surface area is 185 Å². The van der Waals surface area contributed by atoms with E-state index in [1.54, 1.807) is 5.57 Å². The molecule has 3 aliphatic carbocycles. The van der Waals surface area contributed by atoms with Crippen LogP contribution in [0, 0.1) is 35.0 Å². The van der Waals surface area contributed by atoms with Gasteiger partial charge in [-0.25, -0.2) is 0 Å². The van der Waals surface area contributed by atoms with E-state index >= 15 is 0 Å². The SMILES string of the molecule is C=C1/C(=C\C=C2/CCCC3C2CCC3C(C)CC[C@H](C)C(C)(C)C)C[C@@H](O)C[C@@H]1O. The quantitative estimate of drug-likeness (QED) is 0.517. The van der Waals surface area contributed by atoms with Crippen LogP contribution in [0.1, 0.15) is 92.4 Å². The molecule has 3 fully saturated rings. The summed E-state index contributed by atoms with van der Waals surface area (Å²) in [6, 6.07) is 0. The minimum atomic E-state index is -0.593. The first-order valence-electron chi connectivity index (χ1n) is 12.5. The van der Waals surface area contributed by atoms with Crippen molar-refractivity contribution in [1.82, 2.24) is 0 Å². The second-order valence-electron chi connectivity index (χ2n) is 11.8. The zero-order valence-corrected chi connectivity index (χ0v) is 20.2. The summed E-state index contributed by atoms with van der Waals surface area (Å²) in [5.41, 5.74) is 3.86. The molecule has 0 heterocycles. The third-order valence-corrected chi connectivity index (χ3v) is 8.89. The van der Waals surface area contributed by atoms with Gasteiger partial charge in [0, 0.05) is 6.42 Å².